The molecule has 118 valence electrons. The lowest BCUT2D eigenvalue weighted by molar-refractivity contribution is 0.230. The second-order valence-electron chi connectivity index (χ2n) is 6.27. The van der Waals surface area contributed by atoms with Gasteiger partial charge in [0.15, 0.2) is 11.5 Å². The fourth-order valence-corrected chi connectivity index (χ4v) is 3.01. The highest BCUT2D eigenvalue weighted by Gasteiger charge is 2.14. The fourth-order valence-electron chi connectivity index (χ4n) is 3.01. The van der Waals surface area contributed by atoms with Crippen molar-refractivity contribution in [1.82, 2.24) is 5.32 Å². The zero-order valence-corrected chi connectivity index (χ0v) is 13.7. The van der Waals surface area contributed by atoms with Gasteiger partial charge in [0.25, 0.3) is 0 Å². The first-order chi connectivity index (χ1) is 10.2. The molecule has 3 nitrogen and oxygen atoms in total. The second-order valence-corrected chi connectivity index (χ2v) is 6.27. The van der Waals surface area contributed by atoms with Gasteiger partial charge in [-0.25, -0.2) is 0 Å². The minimum Gasteiger partial charge on any atom is -0.493 e. The van der Waals surface area contributed by atoms with Crippen molar-refractivity contribution in [2.24, 2.45) is 5.92 Å². The molecule has 1 N–H and O–H groups in total. The van der Waals surface area contributed by atoms with E-state index in [1.54, 1.807) is 7.11 Å². The Labute approximate surface area is 129 Å². The Bertz CT molecular complexity index is 425. The van der Waals surface area contributed by atoms with Crippen LogP contribution >= 0.6 is 0 Å². The predicted molar refractivity (Wildman–Crippen MR) is 87.0 cm³/mol. The molecule has 1 aliphatic carbocycles. The molecule has 0 unspecified atom stereocenters. The van der Waals surface area contributed by atoms with Gasteiger partial charge in [-0.3, -0.25) is 0 Å². The summed E-state index contributed by atoms with van der Waals surface area (Å²) < 4.78 is 11.2. The van der Waals surface area contributed by atoms with E-state index in [0.717, 1.165) is 30.5 Å². The Hall–Kier alpha value is -1.22. The third kappa shape index (κ3) is 5.24. The maximum absolute atomic E-state index is 5.74. The molecule has 0 heterocycles. The number of hydrogen-bond donors (Lipinski definition) is 1. The Morgan fingerprint density at radius 1 is 1.19 bits per heavy atom. The smallest absolute Gasteiger partial charge is 0.161 e. The van der Waals surface area contributed by atoms with Crippen LogP contribution in [0.15, 0.2) is 18.2 Å². The number of methoxy groups -OCH3 is 1. The van der Waals surface area contributed by atoms with Gasteiger partial charge < -0.3 is 14.8 Å². The van der Waals surface area contributed by atoms with Crippen LogP contribution in [0.2, 0.25) is 0 Å². The maximum atomic E-state index is 5.74. The van der Waals surface area contributed by atoms with E-state index in [2.05, 4.69) is 17.4 Å². The molecule has 1 aromatic carbocycles. The standard InChI is InChI=1S/C18H29NO2/c1-14(2)21-17-9-8-16(12-18(17)20-3)13-19-11-10-15-6-4-5-7-15/h8-9,12,14-15,19H,4-7,10-11,13H2,1-3H3. The highest BCUT2D eigenvalue weighted by Crippen LogP contribution is 2.29. The third-order valence-electron chi connectivity index (χ3n) is 4.12. The molecule has 0 aromatic heterocycles. The van der Waals surface area contributed by atoms with Crippen molar-refractivity contribution < 1.29 is 9.47 Å². The Morgan fingerprint density at radius 3 is 2.62 bits per heavy atom. The van der Waals surface area contributed by atoms with Crippen molar-refractivity contribution in [3.8, 4) is 11.5 Å². The number of hydrogen-bond acceptors (Lipinski definition) is 3. The van der Waals surface area contributed by atoms with Gasteiger partial charge in [-0.15, -0.1) is 0 Å². The maximum Gasteiger partial charge on any atom is 0.161 e. The summed E-state index contributed by atoms with van der Waals surface area (Å²) in [6.07, 6.45) is 7.19. The molecule has 0 amide bonds. The summed E-state index contributed by atoms with van der Waals surface area (Å²) in [7, 11) is 1.69. The number of benzene rings is 1. The molecule has 0 spiro atoms. The lowest BCUT2D eigenvalue weighted by Gasteiger charge is -2.15. The molecule has 1 fully saturated rings. The molecule has 2 rings (SSSR count). The molecule has 0 atom stereocenters. The van der Waals surface area contributed by atoms with E-state index in [-0.39, 0.29) is 6.10 Å². The number of ether oxygens (including phenoxy) is 2. The van der Waals surface area contributed by atoms with E-state index < -0.39 is 0 Å². The molecular weight excluding hydrogens is 262 g/mol. The Morgan fingerprint density at radius 2 is 1.95 bits per heavy atom. The first-order valence-electron chi connectivity index (χ1n) is 8.23. The van der Waals surface area contributed by atoms with E-state index >= 15 is 0 Å². The minimum atomic E-state index is 0.161. The van der Waals surface area contributed by atoms with Crippen molar-refractivity contribution in [3.63, 3.8) is 0 Å². The highest BCUT2D eigenvalue weighted by molar-refractivity contribution is 5.43. The molecule has 0 bridgehead atoms. The summed E-state index contributed by atoms with van der Waals surface area (Å²) in [5, 5.41) is 3.54. The summed E-state index contributed by atoms with van der Waals surface area (Å²) in [6, 6.07) is 6.19. The van der Waals surface area contributed by atoms with Gasteiger partial charge in [-0.1, -0.05) is 31.7 Å². The van der Waals surface area contributed by atoms with Gasteiger partial charge in [-0.2, -0.15) is 0 Å². The monoisotopic (exact) mass is 291 g/mol. The first-order valence-corrected chi connectivity index (χ1v) is 8.23. The first kappa shape index (κ1) is 16.2. The van der Waals surface area contributed by atoms with Crippen LogP contribution in [0.3, 0.4) is 0 Å². The van der Waals surface area contributed by atoms with Crippen molar-refractivity contribution >= 4 is 0 Å². The Kier molecular flexibility index (Phi) is 6.37. The summed E-state index contributed by atoms with van der Waals surface area (Å²) in [5.41, 5.74) is 1.24. The van der Waals surface area contributed by atoms with E-state index in [0.29, 0.717) is 0 Å². The van der Waals surface area contributed by atoms with E-state index in [9.17, 15) is 0 Å². The molecule has 21 heavy (non-hydrogen) atoms. The molecule has 0 radical (unpaired) electrons. The molecule has 3 heteroatoms. The van der Waals surface area contributed by atoms with Gasteiger partial charge in [0.05, 0.1) is 13.2 Å². The molecular formula is C18H29NO2. The zero-order chi connectivity index (χ0) is 15.1. The summed E-state index contributed by atoms with van der Waals surface area (Å²) >= 11 is 0. The second kappa shape index (κ2) is 8.28. The van der Waals surface area contributed by atoms with Crippen LogP contribution in [0.4, 0.5) is 0 Å². The lowest BCUT2D eigenvalue weighted by Crippen LogP contribution is -2.17. The summed E-state index contributed by atoms with van der Waals surface area (Å²) in [5.74, 6) is 2.59. The quantitative estimate of drug-likeness (QED) is 0.730. The van der Waals surface area contributed by atoms with Crippen LogP contribution in [0.1, 0.15) is 51.5 Å². The summed E-state index contributed by atoms with van der Waals surface area (Å²) in [4.78, 5) is 0. The molecule has 1 saturated carbocycles. The van der Waals surface area contributed by atoms with Crippen LogP contribution in [0.25, 0.3) is 0 Å². The minimum absolute atomic E-state index is 0.161. The molecule has 0 saturated heterocycles. The number of nitrogens with one attached hydrogen (secondary N) is 1. The van der Waals surface area contributed by atoms with E-state index in [1.807, 2.05) is 19.9 Å². The molecule has 1 aromatic rings. The SMILES string of the molecule is COc1cc(CNCCC2CCCC2)ccc1OC(C)C. The van der Waals surface area contributed by atoms with E-state index in [4.69, 9.17) is 9.47 Å². The largest absolute Gasteiger partial charge is 0.493 e. The average molecular weight is 291 g/mol. The van der Waals surface area contributed by atoms with Crippen LogP contribution in [-0.4, -0.2) is 19.8 Å². The van der Waals surface area contributed by atoms with Crippen molar-refractivity contribution in [2.75, 3.05) is 13.7 Å². The van der Waals surface area contributed by atoms with E-state index in [1.165, 1.54) is 37.7 Å². The van der Waals surface area contributed by atoms with Crippen molar-refractivity contribution in [3.05, 3.63) is 23.8 Å². The molecule has 0 aliphatic heterocycles. The van der Waals surface area contributed by atoms with Gasteiger partial charge in [0.2, 0.25) is 0 Å². The zero-order valence-electron chi connectivity index (χ0n) is 13.7. The van der Waals surface area contributed by atoms with Gasteiger partial charge in [-0.05, 0) is 50.4 Å². The predicted octanol–water partition coefficient (Wildman–Crippen LogP) is 4.15. The van der Waals surface area contributed by atoms with Gasteiger partial charge in [0.1, 0.15) is 0 Å². The van der Waals surface area contributed by atoms with Crippen LogP contribution in [0.5, 0.6) is 11.5 Å². The lowest BCUT2D eigenvalue weighted by atomic mass is 10.0. The number of rotatable bonds is 8. The van der Waals surface area contributed by atoms with Crippen molar-refractivity contribution in [2.45, 2.75) is 58.6 Å². The van der Waals surface area contributed by atoms with Crippen LogP contribution in [0, 0.1) is 5.92 Å². The topological polar surface area (TPSA) is 30.5 Å². The van der Waals surface area contributed by atoms with Crippen LogP contribution < -0.4 is 14.8 Å². The van der Waals surface area contributed by atoms with Gasteiger partial charge in [0, 0.05) is 6.54 Å². The third-order valence-corrected chi connectivity index (χ3v) is 4.12. The highest BCUT2D eigenvalue weighted by atomic mass is 16.5. The van der Waals surface area contributed by atoms with Crippen molar-refractivity contribution in [1.29, 1.82) is 0 Å². The molecule has 1 aliphatic rings. The average Bonchev–Trinajstić information content (AvgIpc) is 2.97. The fraction of sp³-hybridized carbons (Fsp3) is 0.667. The normalized spacial score (nSPS) is 15.6. The van der Waals surface area contributed by atoms with Crippen LogP contribution in [-0.2, 0) is 6.54 Å². The Balaban J connectivity index is 1.79. The van der Waals surface area contributed by atoms with Gasteiger partial charge >= 0.3 is 0 Å². The summed E-state index contributed by atoms with van der Waals surface area (Å²) in [6.45, 7) is 6.05.